The third kappa shape index (κ3) is 6.00. The number of halogens is 2. The van der Waals surface area contributed by atoms with Crippen LogP contribution in [0.25, 0.3) is 6.08 Å². The minimum atomic E-state index is -0.236. The van der Waals surface area contributed by atoms with Crippen LogP contribution >= 0.6 is 35.0 Å². The molecule has 1 aliphatic heterocycles. The van der Waals surface area contributed by atoms with Crippen molar-refractivity contribution in [2.75, 3.05) is 12.4 Å². The molecule has 0 radical (unpaired) electrons. The molecule has 0 bridgehead atoms. The second-order valence-electron chi connectivity index (χ2n) is 7.61. The van der Waals surface area contributed by atoms with Crippen LogP contribution < -0.4 is 20.1 Å². The molecule has 176 valence electrons. The van der Waals surface area contributed by atoms with Crippen LogP contribution in [0.1, 0.15) is 23.6 Å². The summed E-state index contributed by atoms with van der Waals surface area (Å²) >= 11 is 13.6. The number of aryl methyl sites for hydroxylation is 1. The molecule has 5 nitrogen and oxygen atoms in total. The third-order valence-corrected chi connectivity index (χ3v) is 6.89. The Bertz CT molecular complexity index is 1220. The summed E-state index contributed by atoms with van der Waals surface area (Å²) < 4.78 is 11.4. The molecule has 1 aliphatic rings. The van der Waals surface area contributed by atoms with Gasteiger partial charge in [0.2, 0.25) is 0 Å². The summed E-state index contributed by atoms with van der Waals surface area (Å²) in [5.41, 5.74) is 3.65. The summed E-state index contributed by atoms with van der Waals surface area (Å²) in [7, 11) is 1.58. The number of benzene rings is 3. The number of ether oxygens (including phenoxy) is 2. The predicted molar refractivity (Wildman–Crippen MR) is 141 cm³/mol. The second kappa shape index (κ2) is 11.1. The smallest absolute Gasteiger partial charge is 0.260 e. The van der Waals surface area contributed by atoms with Crippen LogP contribution in [-0.4, -0.2) is 18.5 Å². The predicted octanol–water partition coefficient (Wildman–Crippen LogP) is 6.74. The molecule has 0 saturated carbocycles. The molecule has 1 heterocycles. The summed E-state index contributed by atoms with van der Waals surface area (Å²) in [5, 5.41) is 7.41. The lowest BCUT2D eigenvalue weighted by atomic mass is 10.1. The Kier molecular flexibility index (Phi) is 7.93. The summed E-state index contributed by atoms with van der Waals surface area (Å²) in [6.45, 7) is 2.40. The SMILES string of the molecule is CCc1ccc(N[C@@H]2NC(=O)/C(=C/c3ccc(OCc4ccc(Cl)cc4Cl)c(OC)c3)S2)cc1. The number of nitrogens with one attached hydrogen (secondary N) is 2. The summed E-state index contributed by atoms with van der Waals surface area (Å²) in [5.74, 6) is 1.02. The average molecular weight is 515 g/mol. The van der Waals surface area contributed by atoms with E-state index in [-0.39, 0.29) is 18.0 Å². The molecule has 0 aromatic heterocycles. The van der Waals surface area contributed by atoms with Crippen LogP contribution in [0.4, 0.5) is 5.69 Å². The van der Waals surface area contributed by atoms with E-state index in [0.717, 1.165) is 23.2 Å². The van der Waals surface area contributed by atoms with Crippen molar-refractivity contribution in [2.45, 2.75) is 25.4 Å². The first-order chi connectivity index (χ1) is 16.4. The van der Waals surface area contributed by atoms with Gasteiger partial charge in [-0.2, -0.15) is 0 Å². The third-order valence-electron chi connectivity index (χ3n) is 5.27. The van der Waals surface area contributed by atoms with Crippen LogP contribution in [0.15, 0.2) is 65.6 Å². The minimum absolute atomic E-state index is 0.121. The van der Waals surface area contributed by atoms with Crippen molar-refractivity contribution >= 4 is 52.6 Å². The van der Waals surface area contributed by atoms with Gasteiger partial charge in [0.25, 0.3) is 5.91 Å². The molecule has 8 heteroatoms. The molecule has 4 rings (SSSR count). The van der Waals surface area contributed by atoms with Gasteiger partial charge in [-0.05, 0) is 60.0 Å². The number of anilines is 1. The zero-order chi connectivity index (χ0) is 24.1. The molecule has 0 aliphatic carbocycles. The number of thioether (sulfide) groups is 1. The number of hydrogen-bond donors (Lipinski definition) is 2. The minimum Gasteiger partial charge on any atom is -0.493 e. The van der Waals surface area contributed by atoms with E-state index in [1.54, 1.807) is 19.2 Å². The highest BCUT2D eigenvalue weighted by molar-refractivity contribution is 8.05. The van der Waals surface area contributed by atoms with Gasteiger partial charge in [0, 0.05) is 21.3 Å². The second-order valence-corrected chi connectivity index (χ2v) is 9.60. The van der Waals surface area contributed by atoms with Crippen molar-refractivity contribution in [3.05, 3.63) is 92.3 Å². The van der Waals surface area contributed by atoms with Crippen molar-refractivity contribution in [1.82, 2.24) is 5.32 Å². The van der Waals surface area contributed by atoms with E-state index in [1.165, 1.54) is 17.3 Å². The first-order valence-electron chi connectivity index (χ1n) is 10.7. The molecule has 1 amide bonds. The monoisotopic (exact) mass is 514 g/mol. The molecule has 3 aromatic rings. The molecule has 3 aromatic carbocycles. The molecule has 0 spiro atoms. The topological polar surface area (TPSA) is 59.6 Å². The van der Waals surface area contributed by atoms with Crippen molar-refractivity contribution in [1.29, 1.82) is 0 Å². The van der Waals surface area contributed by atoms with Gasteiger partial charge in [0.15, 0.2) is 17.0 Å². The molecule has 1 atom stereocenters. The summed E-state index contributed by atoms with van der Waals surface area (Å²) in [6.07, 6.45) is 2.83. The van der Waals surface area contributed by atoms with Gasteiger partial charge in [-0.25, -0.2) is 0 Å². The Morgan fingerprint density at radius 2 is 1.85 bits per heavy atom. The number of hydrogen-bond acceptors (Lipinski definition) is 5. The van der Waals surface area contributed by atoms with Crippen molar-refractivity contribution in [3.8, 4) is 11.5 Å². The van der Waals surface area contributed by atoms with Crippen LogP contribution in [0, 0.1) is 0 Å². The van der Waals surface area contributed by atoms with E-state index in [2.05, 4.69) is 29.7 Å². The number of amides is 1. The lowest BCUT2D eigenvalue weighted by Gasteiger charge is -2.13. The Balaban J connectivity index is 1.43. The fraction of sp³-hybridized carbons (Fsp3) is 0.192. The average Bonchev–Trinajstić information content (AvgIpc) is 3.17. The maximum atomic E-state index is 12.5. The fourth-order valence-electron chi connectivity index (χ4n) is 3.39. The highest BCUT2D eigenvalue weighted by Crippen LogP contribution is 2.34. The van der Waals surface area contributed by atoms with Gasteiger partial charge in [-0.3, -0.25) is 4.79 Å². The lowest BCUT2D eigenvalue weighted by Crippen LogP contribution is -2.30. The van der Waals surface area contributed by atoms with E-state index in [0.29, 0.717) is 26.4 Å². The van der Waals surface area contributed by atoms with Crippen LogP contribution in [0.5, 0.6) is 11.5 Å². The number of methoxy groups -OCH3 is 1. The van der Waals surface area contributed by atoms with E-state index < -0.39 is 0 Å². The molecule has 2 N–H and O–H groups in total. The number of carbonyl (C=O) groups excluding carboxylic acids is 1. The van der Waals surface area contributed by atoms with Crippen molar-refractivity contribution in [2.24, 2.45) is 0 Å². The van der Waals surface area contributed by atoms with Gasteiger partial charge in [0.1, 0.15) is 6.61 Å². The molecule has 1 fully saturated rings. The lowest BCUT2D eigenvalue weighted by molar-refractivity contribution is -0.116. The molecule has 0 unspecified atom stereocenters. The van der Waals surface area contributed by atoms with Crippen molar-refractivity contribution in [3.63, 3.8) is 0 Å². The van der Waals surface area contributed by atoms with Crippen LogP contribution in [-0.2, 0) is 17.8 Å². The highest BCUT2D eigenvalue weighted by Gasteiger charge is 2.27. The Hall–Kier alpha value is -2.80. The number of carbonyl (C=O) groups is 1. The van der Waals surface area contributed by atoms with Crippen molar-refractivity contribution < 1.29 is 14.3 Å². The standard InChI is InChI=1S/C26H24Cl2N2O3S/c1-3-16-4-9-20(10-5-16)29-26-30-25(31)24(34-26)13-17-6-11-22(23(12-17)32-2)33-15-18-7-8-19(27)14-21(18)28/h4-14,26,29H,3,15H2,1-2H3,(H,30,31)/b24-13-/t26-/m1/s1. The van der Waals surface area contributed by atoms with Gasteiger partial charge in [0.05, 0.1) is 12.0 Å². The van der Waals surface area contributed by atoms with Crippen LogP contribution in [0.3, 0.4) is 0 Å². The summed E-state index contributed by atoms with van der Waals surface area (Å²) in [6, 6.07) is 19.0. The normalized spacial score (nSPS) is 16.4. The molecule has 1 saturated heterocycles. The van der Waals surface area contributed by atoms with Gasteiger partial charge in [-0.15, -0.1) is 0 Å². The first-order valence-corrected chi connectivity index (χ1v) is 12.4. The van der Waals surface area contributed by atoms with Gasteiger partial charge in [-0.1, -0.05) is 66.2 Å². The zero-order valence-electron chi connectivity index (χ0n) is 18.7. The van der Waals surface area contributed by atoms with E-state index in [4.69, 9.17) is 32.7 Å². The largest absolute Gasteiger partial charge is 0.493 e. The molecular formula is C26H24Cl2N2O3S. The van der Waals surface area contributed by atoms with E-state index in [9.17, 15) is 4.79 Å². The number of rotatable bonds is 8. The Morgan fingerprint density at radius 3 is 2.56 bits per heavy atom. The quantitative estimate of drug-likeness (QED) is 0.326. The Morgan fingerprint density at radius 1 is 1.06 bits per heavy atom. The summed E-state index contributed by atoms with van der Waals surface area (Å²) in [4.78, 5) is 13.1. The maximum Gasteiger partial charge on any atom is 0.260 e. The molecule has 34 heavy (non-hydrogen) atoms. The van der Waals surface area contributed by atoms with Gasteiger partial charge >= 0.3 is 0 Å². The van der Waals surface area contributed by atoms with Crippen LogP contribution in [0.2, 0.25) is 10.0 Å². The molecular weight excluding hydrogens is 491 g/mol. The van der Waals surface area contributed by atoms with Gasteiger partial charge < -0.3 is 20.1 Å². The zero-order valence-corrected chi connectivity index (χ0v) is 21.1. The fourth-order valence-corrected chi connectivity index (χ4v) is 4.84. The maximum absolute atomic E-state index is 12.5. The Labute approximate surface area is 213 Å². The highest BCUT2D eigenvalue weighted by atomic mass is 35.5. The van der Waals surface area contributed by atoms with E-state index >= 15 is 0 Å². The first kappa shape index (κ1) is 24.3. The van der Waals surface area contributed by atoms with E-state index in [1.807, 2.05) is 42.5 Å².